The first-order valence-electron chi connectivity index (χ1n) is 1.08. The van der Waals surface area contributed by atoms with Crippen molar-refractivity contribution in [2.45, 2.75) is 0 Å². The Labute approximate surface area is 66.7 Å². The van der Waals surface area contributed by atoms with Crippen LogP contribution in [0.1, 0.15) is 0 Å². The Bertz CT molecular complexity index is 65.5. The summed E-state index contributed by atoms with van der Waals surface area (Å²) >= 11 is 3.00. The molecule has 0 heterocycles. The van der Waals surface area contributed by atoms with Gasteiger partial charge in [0.25, 0.3) is 0 Å². The maximum atomic E-state index is 9.58. The van der Waals surface area contributed by atoms with Gasteiger partial charge in [0, 0.05) is 0 Å². The van der Waals surface area contributed by atoms with Gasteiger partial charge in [-0.1, -0.05) is 0 Å². The van der Waals surface area contributed by atoms with Gasteiger partial charge in [0.05, 0.1) is 0 Å². The molecule has 5 heteroatoms. The van der Waals surface area contributed by atoms with Crippen LogP contribution in [0.5, 0.6) is 0 Å². The summed E-state index contributed by atoms with van der Waals surface area (Å²) in [4.78, 5) is 9.58. The van der Waals surface area contributed by atoms with Crippen LogP contribution in [-0.2, 0) is 31.8 Å². The van der Waals surface area contributed by atoms with Crippen molar-refractivity contribution in [3.8, 4) is 0 Å². The average molecular weight is 170 g/mol. The van der Waals surface area contributed by atoms with Crippen LogP contribution in [0.3, 0.4) is 0 Å². The Balaban J connectivity index is -0.0000000267. The van der Waals surface area contributed by atoms with Crippen molar-refractivity contribution >= 4 is 22.0 Å². The fraction of sp³-hybridized carbons (Fsp3) is 0. The Morgan fingerprint density at radius 1 is 1.50 bits per heavy atom. The van der Waals surface area contributed by atoms with E-state index >= 15 is 0 Å². The van der Waals surface area contributed by atoms with E-state index in [4.69, 9.17) is 0 Å². The van der Waals surface area contributed by atoms with E-state index in [1.165, 1.54) is 6.08 Å². The van der Waals surface area contributed by atoms with E-state index < -0.39 is 0 Å². The molecule has 0 saturated carbocycles. The molecule has 0 N–H and O–H groups in total. The van der Waals surface area contributed by atoms with Gasteiger partial charge < -0.3 is 11.0 Å². The van der Waals surface area contributed by atoms with Gasteiger partial charge in [-0.15, -0.1) is 0 Å². The van der Waals surface area contributed by atoms with Crippen LogP contribution in [0.15, 0.2) is 12.7 Å². The predicted molar refractivity (Wildman–Crippen MR) is 22.3 cm³/mol. The van der Waals surface area contributed by atoms with Crippen LogP contribution in [-0.4, -0.2) is 22.0 Å². The summed E-state index contributed by atoms with van der Waals surface area (Å²) in [6, 6.07) is 0. The number of allylic oxidation sites excluding steroid dienone is 1. The monoisotopic (exact) mass is 170 g/mol. The number of hydrogen-bond donors (Lipinski definition) is 0. The predicted octanol–water partition coefficient (Wildman–Crippen LogP) is -0.373. The quantitative estimate of drug-likeness (QED) is 0.390. The van der Waals surface area contributed by atoms with Crippen LogP contribution >= 0.6 is 0 Å². The molecule has 8 heavy (non-hydrogen) atoms. The minimum absolute atomic E-state index is 0. The average Bonchev–Trinajstić information content (AvgIpc) is 1.38. The van der Waals surface area contributed by atoms with E-state index in [1.54, 1.807) is 0 Å². The second kappa shape index (κ2) is 15.7. The maximum Gasteiger partial charge on any atom is 3.00 e. The molecule has 0 saturated heterocycles. The number of rotatable bonds is 1. The molecule has 0 radical (unpaired) electrons. The summed E-state index contributed by atoms with van der Waals surface area (Å²) in [6.07, 6.45) is 1.17. The normalized spacial score (nSPS) is 4.12. The van der Waals surface area contributed by atoms with E-state index in [9.17, 15) is 4.79 Å². The number of carbonyl (C=O) groups excluding carboxylic acids is 1. The van der Waals surface area contributed by atoms with Crippen molar-refractivity contribution in [2.24, 2.45) is 0 Å². The summed E-state index contributed by atoms with van der Waals surface area (Å²) in [5.41, 5.74) is 0. The van der Waals surface area contributed by atoms with Crippen LogP contribution in [0.25, 0.3) is 0 Å². The van der Waals surface area contributed by atoms with Gasteiger partial charge in [-0.05, 0) is 0 Å². The topological polar surface area (TPSA) is 74.1 Å². The van der Waals surface area contributed by atoms with E-state index in [1.807, 2.05) is 0 Å². The van der Waals surface area contributed by atoms with Crippen LogP contribution in [0.4, 0.5) is 0 Å². The molecule has 0 aromatic heterocycles. The van der Waals surface area contributed by atoms with Gasteiger partial charge in [-0.3, -0.25) is 0 Å². The van der Waals surface area contributed by atoms with E-state index in [2.05, 4.69) is 22.6 Å². The molecular formula is C3H3AlFeO3. The van der Waals surface area contributed by atoms with Crippen molar-refractivity contribution in [1.82, 2.24) is 0 Å². The Morgan fingerprint density at radius 3 is 1.62 bits per heavy atom. The van der Waals surface area contributed by atoms with Crippen molar-refractivity contribution in [2.75, 3.05) is 0 Å². The van der Waals surface area contributed by atoms with Crippen molar-refractivity contribution < 1.29 is 31.8 Å². The van der Waals surface area contributed by atoms with Gasteiger partial charge in [-0.25, -0.2) is 0 Å². The van der Waals surface area contributed by atoms with E-state index in [0.717, 1.165) is 0 Å². The second-order valence-electron chi connectivity index (χ2n) is 0.496. The zero-order valence-electron chi connectivity index (χ0n) is 3.94. The van der Waals surface area contributed by atoms with Crippen LogP contribution in [0.2, 0.25) is 0 Å². The summed E-state index contributed by atoms with van der Waals surface area (Å²) < 4.78 is -0.231. The molecule has 0 aromatic rings. The molecule has 0 aliphatic heterocycles. The first kappa shape index (κ1) is 23.8. The molecule has 44 valence electrons. The first-order chi connectivity index (χ1) is 2.27. The number of carbonyl (C=O) groups is 1. The smallest absolute Gasteiger partial charge is 2.00 e. The third kappa shape index (κ3) is 32.6. The molecule has 0 bridgehead atoms. The largest absolute Gasteiger partial charge is 3.00 e. The maximum absolute atomic E-state index is 9.58. The summed E-state index contributed by atoms with van der Waals surface area (Å²) in [6.45, 7) is 3.15. The van der Waals surface area contributed by atoms with E-state index in [0.29, 0.717) is 0 Å². The third-order valence-corrected chi connectivity index (χ3v) is 0.381. The minimum atomic E-state index is -0.231. The molecular weight excluding hydrogens is 167 g/mol. The molecule has 0 fully saturated rings. The first-order valence-corrected chi connectivity index (χ1v) is 1.63. The molecule has 0 aromatic carbocycles. The zero-order valence-corrected chi connectivity index (χ0v) is 6.20. The van der Waals surface area contributed by atoms with Gasteiger partial charge in [0.1, 0.15) is 0 Å². The molecule has 3 nitrogen and oxygen atoms in total. The number of hydrogen-bond acceptors (Lipinski definition) is 1. The van der Waals surface area contributed by atoms with Gasteiger partial charge >= 0.3 is 55.5 Å². The van der Waals surface area contributed by atoms with Gasteiger partial charge in [-0.2, -0.15) is 0 Å². The van der Waals surface area contributed by atoms with Crippen molar-refractivity contribution in [3.05, 3.63) is 12.7 Å². The molecule has 0 unspecified atom stereocenters. The SMILES string of the molecule is C=C[C](=O)[Fe+].[Al+3].[O-2].[O-2]. The summed E-state index contributed by atoms with van der Waals surface area (Å²) in [7, 11) is 0. The Kier molecular flexibility index (Phi) is 46.6. The molecule has 0 atom stereocenters. The van der Waals surface area contributed by atoms with E-state index in [-0.39, 0.29) is 33.0 Å². The zero-order chi connectivity index (χ0) is 4.28. The van der Waals surface area contributed by atoms with Gasteiger partial charge in [0.2, 0.25) is 0 Å². The third-order valence-electron chi connectivity index (χ3n) is 0.156. The Hall–Kier alpha value is 0.382. The molecule has 0 aliphatic rings. The fourth-order valence-corrected chi connectivity index (χ4v) is 0. The van der Waals surface area contributed by atoms with Crippen LogP contribution < -0.4 is 0 Å². The molecule has 0 amide bonds. The second-order valence-corrected chi connectivity index (χ2v) is 1.04. The Morgan fingerprint density at radius 2 is 1.62 bits per heavy atom. The standard InChI is InChI=1S/C3H3O.Al.Fe.2O/c1-2-3-4;;;;/h2H,1H2;;;;/q;+3;+1;2*-2. The molecule has 0 rings (SSSR count). The summed E-state index contributed by atoms with van der Waals surface area (Å²) in [5, 5.41) is 0. The summed E-state index contributed by atoms with van der Waals surface area (Å²) in [5.74, 6) is 0. The molecule has 0 spiro atoms. The van der Waals surface area contributed by atoms with Gasteiger partial charge in [0.15, 0.2) is 0 Å². The molecule has 0 aliphatic carbocycles. The van der Waals surface area contributed by atoms with Crippen molar-refractivity contribution in [1.29, 1.82) is 0 Å². The minimum Gasteiger partial charge on any atom is -2.00 e. The van der Waals surface area contributed by atoms with Crippen molar-refractivity contribution in [3.63, 3.8) is 0 Å². The fourth-order valence-electron chi connectivity index (χ4n) is 0. The van der Waals surface area contributed by atoms with Crippen LogP contribution in [0, 0.1) is 0 Å².